The number of hydrogen-bond donors (Lipinski definition) is 0. The highest BCUT2D eigenvalue weighted by Gasteiger charge is 2.46. The first-order chi connectivity index (χ1) is 10.1. The molecular weight excluding hydrogens is 268 g/mol. The molecule has 5 nitrogen and oxygen atoms in total. The topological polar surface area (TPSA) is 49.9 Å². The zero-order chi connectivity index (χ0) is 15.0. The van der Waals surface area contributed by atoms with E-state index >= 15 is 0 Å². The molecule has 4 atom stereocenters. The number of nitrogens with zero attached hydrogens (tertiary/aromatic N) is 2. The van der Waals surface area contributed by atoms with Crippen LogP contribution < -0.4 is 0 Å². The lowest BCUT2D eigenvalue weighted by Gasteiger charge is -2.36. The van der Waals surface area contributed by atoms with Crippen LogP contribution in [0, 0.1) is 0 Å². The van der Waals surface area contributed by atoms with Gasteiger partial charge in [0.2, 0.25) is 5.91 Å². The van der Waals surface area contributed by atoms with Crippen LogP contribution >= 0.6 is 0 Å². The van der Waals surface area contributed by atoms with Gasteiger partial charge in [-0.05, 0) is 39.2 Å². The van der Waals surface area contributed by atoms with Crippen molar-refractivity contribution >= 4 is 11.9 Å². The van der Waals surface area contributed by atoms with Gasteiger partial charge in [-0.15, -0.1) is 0 Å². The van der Waals surface area contributed by atoms with E-state index in [-0.39, 0.29) is 24.0 Å². The standard InChI is InChI=1S/C16H26N2O3/c1-3-15(19)18-9-5-7-13(18)12-6-4-8-17(12)14-10-11(2)21-16(14)20/h11-14H,3-10H2,1-2H3/t11-,12-,13+,14+/m0/s1. The minimum atomic E-state index is -0.0910. The fraction of sp³-hybridized carbons (Fsp3) is 0.875. The lowest BCUT2D eigenvalue weighted by atomic mass is 10.0. The molecular formula is C16H26N2O3. The Kier molecular flexibility index (Phi) is 4.20. The summed E-state index contributed by atoms with van der Waals surface area (Å²) in [5, 5.41) is 0. The third kappa shape index (κ3) is 2.68. The molecule has 3 saturated heterocycles. The first-order valence-corrected chi connectivity index (χ1v) is 8.37. The third-order valence-electron chi connectivity index (χ3n) is 5.25. The molecule has 3 aliphatic rings. The minimum Gasteiger partial charge on any atom is -0.461 e. The third-order valence-corrected chi connectivity index (χ3v) is 5.25. The minimum absolute atomic E-state index is 0.0284. The molecule has 0 aromatic carbocycles. The van der Waals surface area contributed by atoms with E-state index in [1.54, 1.807) is 0 Å². The van der Waals surface area contributed by atoms with Crippen molar-refractivity contribution in [2.75, 3.05) is 13.1 Å². The number of likely N-dealkylation sites (tertiary alicyclic amines) is 2. The van der Waals surface area contributed by atoms with Gasteiger partial charge in [0.1, 0.15) is 12.1 Å². The van der Waals surface area contributed by atoms with Gasteiger partial charge in [-0.1, -0.05) is 6.92 Å². The molecule has 3 heterocycles. The molecule has 1 amide bonds. The molecule has 0 unspecified atom stereocenters. The second-order valence-corrected chi connectivity index (χ2v) is 6.60. The predicted molar refractivity (Wildman–Crippen MR) is 78.7 cm³/mol. The molecule has 0 saturated carbocycles. The number of ether oxygens (including phenoxy) is 1. The lowest BCUT2D eigenvalue weighted by molar-refractivity contribution is -0.145. The second-order valence-electron chi connectivity index (χ2n) is 6.60. The van der Waals surface area contributed by atoms with Crippen molar-refractivity contribution in [1.82, 2.24) is 9.80 Å². The summed E-state index contributed by atoms with van der Waals surface area (Å²) in [6.07, 6.45) is 5.77. The van der Waals surface area contributed by atoms with Crippen LogP contribution in [-0.2, 0) is 14.3 Å². The SMILES string of the molecule is CCC(=O)N1CCC[C@@H]1[C@@H]1CCCN1[C@@H]1C[C@H](C)OC1=O. The summed E-state index contributed by atoms with van der Waals surface area (Å²) < 4.78 is 5.33. The van der Waals surface area contributed by atoms with Crippen molar-refractivity contribution < 1.29 is 14.3 Å². The molecule has 118 valence electrons. The molecule has 0 bridgehead atoms. The van der Waals surface area contributed by atoms with E-state index in [4.69, 9.17) is 4.74 Å². The second kappa shape index (κ2) is 5.95. The van der Waals surface area contributed by atoms with Crippen molar-refractivity contribution in [2.45, 2.75) is 76.6 Å². The van der Waals surface area contributed by atoms with Crippen molar-refractivity contribution in [3.63, 3.8) is 0 Å². The van der Waals surface area contributed by atoms with Crippen molar-refractivity contribution in [3.05, 3.63) is 0 Å². The highest BCUT2D eigenvalue weighted by molar-refractivity contribution is 5.78. The Bertz CT molecular complexity index is 426. The van der Waals surface area contributed by atoms with Gasteiger partial charge in [0, 0.05) is 31.5 Å². The number of rotatable bonds is 3. The predicted octanol–water partition coefficient (Wildman–Crippen LogP) is 1.56. The van der Waals surface area contributed by atoms with Gasteiger partial charge < -0.3 is 9.64 Å². The number of carbonyl (C=O) groups is 2. The van der Waals surface area contributed by atoms with E-state index in [2.05, 4.69) is 9.80 Å². The van der Waals surface area contributed by atoms with Crippen LogP contribution in [0.25, 0.3) is 0 Å². The Balaban J connectivity index is 1.74. The molecule has 0 aliphatic carbocycles. The van der Waals surface area contributed by atoms with Gasteiger partial charge in [-0.3, -0.25) is 14.5 Å². The van der Waals surface area contributed by atoms with Crippen LogP contribution in [-0.4, -0.2) is 59.0 Å². The summed E-state index contributed by atoms with van der Waals surface area (Å²) in [6.45, 7) is 5.74. The molecule has 0 aromatic heterocycles. The maximum atomic E-state index is 12.1. The van der Waals surface area contributed by atoms with Crippen LogP contribution in [0.4, 0.5) is 0 Å². The van der Waals surface area contributed by atoms with E-state index in [0.717, 1.165) is 45.2 Å². The van der Waals surface area contributed by atoms with Crippen LogP contribution in [0.2, 0.25) is 0 Å². The molecule has 0 aromatic rings. The van der Waals surface area contributed by atoms with Crippen LogP contribution in [0.3, 0.4) is 0 Å². The number of carbonyl (C=O) groups excluding carboxylic acids is 2. The monoisotopic (exact) mass is 294 g/mol. The molecule has 5 heteroatoms. The highest BCUT2D eigenvalue weighted by Crippen LogP contribution is 2.34. The van der Waals surface area contributed by atoms with Gasteiger partial charge in [0.05, 0.1) is 0 Å². The zero-order valence-electron chi connectivity index (χ0n) is 13.1. The quantitative estimate of drug-likeness (QED) is 0.741. The molecule has 3 rings (SSSR count). The summed E-state index contributed by atoms with van der Waals surface area (Å²) in [4.78, 5) is 28.6. The zero-order valence-corrected chi connectivity index (χ0v) is 13.1. The van der Waals surface area contributed by atoms with E-state index in [9.17, 15) is 9.59 Å². The highest BCUT2D eigenvalue weighted by atomic mass is 16.6. The van der Waals surface area contributed by atoms with Crippen molar-refractivity contribution in [1.29, 1.82) is 0 Å². The Morgan fingerprint density at radius 3 is 2.62 bits per heavy atom. The molecule has 21 heavy (non-hydrogen) atoms. The maximum Gasteiger partial charge on any atom is 0.323 e. The first-order valence-electron chi connectivity index (χ1n) is 8.37. The fourth-order valence-corrected chi connectivity index (χ4v) is 4.33. The smallest absolute Gasteiger partial charge is 0.323 e. The molecule has 0 N–H and O–H groups in total. The Hall–Kier alpha value is -1.10. The van der Waals surface area contributed by atoms with Gasteiger partial charge in [0.15, 0.2) is 0 Å². The molecule has 3 fully saturated rings. The van der Waals surface area contributed by atoms with E-state index < -0.39 is 0 Å². The summed E-state index contributed by atoms with van der Waals surface area (Å²) in [5.41, 5.74) is 0. The van der Waals surface area contributed by atoms with Crippen LogP contribution in [0.15, 0.2) is 0 Å². The van der Waals surface area contributed by atoms with E-state index in [1.165, 1.54) is 0 Å². The summed E-state index contributed by atoms with van der Waals surface area (Å²) in [5.74, 6) is 0.187. The molecule has 0 radical (unpaired) electrons. The normalized spacial score (nSPS) is 37.2. The Morgan fingerprint density at radius 2 is 1.95 bits per heavy atom. The Morgan fingerprint density at radius 1 is 1.24 bits per heavy atom. The summed E-state index contributed by atoms with van der Waals surface area (Å²) in [7, 11) is 0. The largest absolute Gasteiger partial charge is 0.461 e. The summed E-state index contributed by atoms with van der Waals surface area (Å²) >= 11 is 0. The van der Waals surface area contributed by atoms with Gasteiger partial charge in [0.25, 0.3) is 0 Å². The maximum absolute atomic E-state index is 12.1. The average molecular weight is 294 g/mol. The average Bonchev–Trinajstić information content (AvgIpc) is 3.15. The van der Waals surface area contributed by atoms with Gasteiger partial charge in [-0.2, -0.15) is 0 Å². The van der Waals surface area contributed by atoms with Crippen LogP contribution in [0.5, 0.6) is 0 Å². The molecule has 3 aliphatic heterocycles. The van der Waals surface area contributed by atoms with Gasteiger partial charge in [-0.25, -0.2) is 0 Å². The number of cyclic esters (lactones) is 1. The van der Waals surface area contributed by atoms with E-state index in [1.807, 2.05) is 13.8 Å². The number of esters is 1. The fourth-order valence-electron chi connectivity index (χ4n) is 4.33. The lowest BCUT2D eigenvalue weighted by Crippen LogP contribution is -2.52. The van der Waals surface area contributed by atoms with Crippen molar-refractivity contribution in [3.8, 4) is 0 Å². The summed E-state index contributed by atoms with van der Waals surface area (Å²) in [6, 6.07) is 0.543. The number of hydrogen-bond acceptors (Lipinski definition) is 4. The van der Waals surface area contributed by atoms with E-state index in [0.29, 0.717) is 18.5 Å². The number of amides is 1. The molecule has 0 spiro atoms. The van der Waals surface area contributed by atoms with Crippen LogP contribution in [0.1, 0.15) is 52.4 Å². The van der Waals surface area contributed by atoms with Gasteiger partial charge >= 0.3 is 5.97 Å². The first kappa shape index (κ1) is 14.8. The Labute approximate surface area is 126 Å². The van der Waals surface area contributed by atoms with Crippen molar-refractivity contribution in [2.24, 2.45) is 0 Å².